The summed E-state index contributed by atoms with van der Waals surface area (Å²) in [6.07, 6.45) is 7.43. The van der Waals surface area contributed by atoms with Crippen LogP contribution >= 0.6 is 36.2 Å². The summed E-state index contributed by atoms with van der Waals surface area (Å²) in [6.45, 7) is 4.91. The van der Waals surface area contributed by atoms with Crippen molar-refractivity contribution < 1.29 is 4.79 Å². The van der Waals surface area contributed by atoms with Crippen LogP contribution in [0.3, 0.4) is 0 Å². The molecule has 144 valence electrons. The lowest BCUT2D eigenvalue weighted by atomic mass is 9.74. The van der Waals surface area contributed by atoms with Gasteiger partial charge in [0.25, 0.3) is 0 Å². The fourth-order valence-corrected chi connectivity index (χ4v) is 4.60. The van der Waals surface area contributed by atoms with Crippen molar-refractivity contribution >= 4 is 47.2 Å². The van der Waals surface area contributed by atoms with Crippen LogP contribution in [0.4, 0.5) is 5.13 Å². The summed E-state index contributed by atoms with van der Waals surface area (Å²) in [6, 6.07) is 0. The molecule has 0 aromatic carbocycles. The Bertz CT molecular complexity index is 547. The number of carbonyl (C=O) groups excluding carboxylic acids is 1. The van der Waals surface area contributed by atoms with E-state index in [9.17, 15) is 4.79 Å². The van der Waals surface area contributed by atoms with Crippen molar-refractivity contribution in [1.29, 1.82) is 0 Å². The first kappa shape index (κ1) is 22.5. The molecular weight excluding hydrogens is 379 g/mol. The highest BCUT2D eigenvalue weighted by atomic mass is 35.5. The van der Waals surface area contributed by atoms with E-state index in [1.165, 1.54) is 12.8 Å². The monoisotopic (exact) mass is 408 g/mol. The SMILES string of the molecule is CC1(N)CCCCC1C(=O)NCCc1csc(N2CCCC2)n1.Cl.Cl. The maximum absolute atomic E-state index is 12.4. The van der Waals surface area contributed by atoms with Crippen molar-refractivity contribution in [2.24, 2.45) is 11.7 Å². The van der Waals surface area contributed by atoms with Crippen LogP contribution in [0.1, 0.15) is 51.1 Å². The van der Waals surface area contributed by atoms with Gasteiger partial charge >= 0.3 is 0 Å². The standard InChI is InChI=1S/C17H28N4OS.2ClH/c1-17(18)8-3-2-6-14(17)15(22)19-9-7-13-12-23-16(20-13)21-10-4-5-11-21;;/h12,14H,2-11,18H2,1H3,(H,19,22);2*1H. The van der Waals surface area contributed by atoms with E-state index in [0.717, 1.165) is 56.0 Å². The molecule has 1 saturated carbocycles. The summed E-state index contributed by atoms with van der Waals surface area (Å²) in [5.41, 5.74) is 7.03. The van der Waals surface area contributed by atoms with Crippen molar-refractivity contribution in [3.63, 3.8) is 0 Å². The van der Waals surface area contributed by atoms with E-state index in [1.54, 1.807) is 11.3 Å². The predicted molar refractivity (Wildman–Crippen MR) is 109 cm³/mol. The Hall–Kier alpha value is -0.560. The lowest BCUT2D eigenvalue weighted by Crippen LogP contribution is -2.53. The number of amides is 1. The third kappa shape index (κ3) is 5.71. The van der Waals surface area contributed by atoms with Crippen molar-refractivity contribution in [2.75, 3.05) is 24.5 Å². The number of hydrogen-bond donors (Lipinski definition) is 2. The molecule has 1 aromatic rings. The second-order valence-corrected chi connectivity index (χ2v) is 8.00. The van der Waals surface area contributed by atoms with E-state index in [-0.39, 0.29) is 42.2 Å². The van der Waals surface area contributed by atoms with Crippen LogP contribution in [-0.4, -0.2) is 36.1 Å². The van der Waals surface area contributed by atoms with Crippen LogP contribution in [0, 0.1) is 5.92 Å². The Kier molecular flexibility index (Phi) is 8.95. The molecule has 2 fully saturated rings. The Morgan fingerprint density at radius 2 is 2.08 bits per heavy atom. The minimum atomic E-state index is -0.355. The van der Waals surface area contributed by atoms with Crippen LogP contribution in [0.5, 0.6) is 0 Å². The van der Waals surface area contributed by atoms with Crippen LogP contribution in [-0.2, 0) is 11.2 Å². The predicted octanol–water partition coefficient (Wildman–Crippen LogP) is 3.15. The van der Waals surface area contributed by atoms with Gasteiger partial charge in [0, 0.05) is 37.0 Å². The highest BCUT2D eigenvalue weighted by Crippen LogP contribution is 2.31. The number of nitrogens with one attached hydrogen (secondary N) is 1. The first-order chi connectivity index (χ1) is 11.1. The second-order valence-electron chi connectivity index (χ2n) is 7.16. The third-order valence-electron chi connectivity index (χ3n) is 5.17. The molecule has 1 aliphatic carbocycles. The zero-order valence-corrected chi connectivity index (χ0v) is 17.3. The molecule has 3 rings (SSSR count). The van der Waals surface area contributed by atoms with Crippen molar-refractivity contribution in [1.82, 2.24) is 10.3 Å². The van der Waals surface area contributed by atoms with Crippen LogP contribution in [0.15, 0.2) is 5.38 Å². The number of halogens is 2. The fourth-order valence-electron chi connectivity index (χ4n) is 3.69. The molecule has 25 heavy (non-hydrogen) atoms. The molecule has 8 heteroatoms. The number of carbonyl (C=O) groups is 1. The van der Waals surface area contributed by atoms with Gasteiger partial charge in [-0.05, 0) is 32.6 Å². The molecule has 1 aromatic heterocycles. The minimum absolute atomic E-state index is 0. The minimum Gasteiger partial charge on any atom is -0.355 e. The number of nitrogens with zero attached hydrogens (tertiary/aromatic N) is 2. The van der Waals surface area contributed by atoms with Crippen molar-refractivity contribution in [3.05, 3.63) is 11.1 Å². The molecule has 0 radical (unpaired) electrons. The Morgan fingerprint density at radius 1 is 1.36 bits per heavy atom. The number of thiazole rings is 1. The number of hydrogen-bond acceptors (Lipinski definition) is 5. The average Bonchev–Trinajstić information content (AvgIpc) is 3.17. The van der Waals surface area contributed by atoms with E-state index in [4.69, 9.17) is 10.7 Å². The summed E-state index contributed by atoms with van der Waals surface area (Å²) in [4.78, 5) is 19.5. The highest BCUT2D eigenvalue weighted by molar-refractivity contribution is 7.13. The maximum Gasteiger partial charge on any atom is 0.224 e. The lowest BCUT2D eigenvalue weighted by Gasteiger charge is -2.37. The van der Waals surface area contributed by atoms with Gasteiger partial charge < -0.3 is 16.0 Å². The Morgan fingerprint density at radius 3 is 2.76 bits per heavy atom. The van der Waals surface area contributed by atoms with Gasteiger partial charge in [-0.3, -0.25) is 4.79 Å². The normalized spacial score (nSPS) is 25.8. The first-order valence-electron chi connectivity index (χ1n) is 8.82. The molecular formula is C17H30Cl2N4OS. The zero-order chi connectivity index (χ0) is 16.3. The van der Waals surface area contributed by atoms with Crippen molar-refractivity contribution in [3.8, 4) is 0 Å². The van der Waals surface area contributed by atoms with E-state index in [0.29, 0.717) is 6.54 Å². The number of aromatic nitrogens is 1. The summed E-state index contributed by atoms with van der Waals surface area (Å²) in [5, 5.41) is 6.32. The van der Waals surface area contributed by atoms with E-state index in [2.05, 4.69) is 15.6 Å². The number of nitrogens with two attached hydrogens (primary N) is 1. The molecule has 1 aliphatic heterocycles. The van der Waals surface area contributed by atoms with E-state index < -0.39 is 0 Å². The zero-order valence-electron chi connectivity index (χ0n) is 14.8. The molecule has 0 spiro atoms. The van der Waals surface area contributed by atoms with Gasteiger partial charge in [-0.25, -0.2) is 4.98 Å². The summed E-state index contributed by atoms with van der Waals surface area (Å²) in [5.74, 6) is 0.0662. The summed E-state index contributed by atoms with van der Waals surface area (Å²) in [7, 11) is 0. The van der Waals surface area contributed by atoms with Crippen LogP contribution in [0.2, 0.25) is 0 Å². The topological polar surface area (TPSA) is 71.2 Å². The van der Waals surface area contributed by atoms with Crippen molar-refractivity contribution in [2.45, 2.75) is 57.4 Å². The third-order valence-corrected chi connectivity index (χ3v) is 6.12. The summed E-state index contributed by atoms with van der Waals surface area (Å²) >= 11 is 1.72. The average molecular weight is 409 g/mol. The van der Waals surface area contributed by atoms with E-state index >= 15 is 0 Å². The Labute approximate surface area is 167 Å². The van der Waals surface area contributed by atoms with Gasteiger partial charge in [0.2, 0.25) is 5.91 Å². The molecule has 5 nitrogen and oxygen atoms in total. The molecule has 2 heterocycles. The maximum atomic E-state index is 12.4. The quantitative estimate of drug-likeness (QED) is 0.784. The molecule has 2 aliphatic rings. The van der Waals surface area contributed by atoms with Gasteiger partial charge in [0.05, 0.1) is 11.6 Å². The van der Waals surface area contributed by atoms with Gasteiger partial charge in [0.15, 0.2) is 5.13 Å². The molecule has 2 atom stereocenters. The molecule has 1 saturated heterocycles. The first-order valence-corrected chi connectivity index (χ1v) is 9.70. The van der Waals surface area contributed by atoms with Crippen LogP contribution < -0.4 is 16.0 Å². The van der Waals surface area contributed by atoms with Gasteiger partial charge in [0.1, 0.15) is 0 Å². The molecule has 1 amide bonds. The highest BCUT2D eigenvalue weighted by Gasteiger charge is 2.37. The van der Waals surface area contributed by atoms with Gasteiger partial charge in [-0.15, -0.1) is 36.2 Å². The van der Waals surface area contributed by atoms with Gasteiger partial charge in [-0.2, -0.15) is 0 Å². The van der Waals surface area contributed by atoms with Crippen LogP contribution in [0.25, 0.3) is 0 Å². The molecule has 3 N–H and O–H groups in total. The number of rotatable bonds is 5. The number of anilines is 1. The van der Waals surface area contributed by atoms with Gasteiger partial charge in [-0.1, -0.05) is 12.8 Å². The fraction of sp³-hybridized carbons (Fsp3) is 0.765. The van der Waals surface area contributed by atoms with E-state index in [1.807, 2.05) is 6.92 Å². The Balaban J connectivity index is 0.00000156. The summed E-state index contributed by atoms with van der Waals surface area (Å²) < 4.78 is 0. The smallest absolute Gasteiger partial charge is 0.224 e. The second kappa shape index (κ2) is 9.95. The molecule has 0 bridgehead atoms. The lowest BCUT2D eigenvalue weighted by molar-refractivity contribution is -0.128. The molecule has 2 unspecified atom stereocenters. The largest absolute Gasteiger partial charge is 0.355 e.